The van der Waals surface area contributed by atoms with E-state index in [1.807, 2.05) is 31.2 Å². The number of nitrogens with zero attached hydrogens (tertiary/aromatic N) is 1. The van der Waals surface area contributed by atoms with Crippen molar-refractivity contribution in [1.29, 1.82) is 5.26 Å². The summed E-state index contributed by atoms with van der Waals surface area (Å²) < 4.78 is 19.4. The molecule has 0 spiro atoms. The molecule has 0 aliphatic rings. The zero-order valence-corrected chi connectivity index (χ0v) is 11.1. The maximum Gasteiger partial charge on any atom is 0.167 e. The van der Waals surface area contributed by atoms with Crippen molar-refractivity contribution in [2.24, 2.45) is 5.73 Å². The number of ether oxygens (including phenoxy) is 1. The van der Waals surface area contributed by atoms with Gasteiger partial charge in [-0.25, -0.2) is 4.39 Å². The van der Waals surface area contributed by atoms with Crippen molar-refractivity contribution in [3.8, 4) is 17.6 Å². The molecule has 1 atom stereocenters. The first-order chi connectivity index (χ1) is 9.65. The topological polar surface area (TPSA) is 59.0 Å². The highest BCUT2D eigenvalue weighted by molar-refractivity contribution is 5.42. The van der Waals surface area contributed by atoms with Crippen molar-refractivity contribution in [2.45, 2.75) is 19.4 Å². The molecule has 0 radical (unpaired) electrons. The van der Waals surface area contributed by atoms with Crippen LogP contribution in [0.5, 0.6) is 11.5 Å². The van der Waals surface area contributed by atoms with Crippen LogP contribution in [-0.4, -0.2) is 0 Å². The second-order valence-electron chi connectivity index (χ2n) is 4.41. The Balaban J connectivity index is 2.33. The van der Waals surface area contributed by atoms with Crippen LogP contribution in [0.2, 0.25) is 0 Å². The number of hydrogen-bond donors (Lipinski definition) is 1. The van der Waals surface area contributed by atoms with Gasteiger partial charge in [-0.15, -0.1) is 0 Å². The lowest BCUT2D eigenvalue weighted by Crippen LogP contribution is -2.09. The van der Waals surface area contributed by atoms with Gasteiger partial charge in [-0.2, -0.15) is 5.26 Å². The highest BCUT2D eigenvalue weighted by Gasteiger charge is 2.12. The summed E-state index contributed by atoms with van der Waals surface area (Å²) >= 11 is 0. The second kappa shape index (κ2) is 6.18. The molecule has 20 heavy (non-hydrogen) atoms. The predicted octanol–water partition coefficient (Wildman–Crippen LogP) is 3.90. The van der Waals surface area contributed by atoms with Crippen LogP contribution in [-0.2, 0) is 0 Å². The molecule has 0 saturated carbocycles. The number of nitriles is 1. The zero-order chi connectivity index (χ0) is 14.5. The molecular weight excluding hydrogens is 255 g/mol. The van der Waals surface area contributed by atoms with Crippen LogP contribution in [0.25, 0.3) is 0 Å². The molecule has 4 heteroatoms. The molecule has 0 aliphatic carbocycles. The second-order valence-corrected chi connectivity index (χ2v) is 4.41. The summed E-state index contributed by atoms with van der Waals surface area (Å²) in [6.45, 7) is 1.98. The fraction of sp³-hybridized carbons (Fsp3) is 0.188. The number of halogens is 1. The largest absolute Gasteiger partial charge is 0.454 e. The van der Waals surface area contributed by atoms with Gasteiger partial charge in [0.2, 0.25) is 0 Å². The SMILES string of the molecule is CCC(N)c1ccccc1Oc1ccc(C#N)cc1F. The van der Waals surface area contributed by atoms with Crippen LogP contribution < -0.4 is 10.5 Å². The molecule has 2 N–H and O–H groups in total. The predicted molar refractivity (Wildman–Crippen MR) is 74.9 cm³/mol. The summed E-state index contributed by atoms with van der Waals surface area (Å²) in [7, 11) is 0. The van der Waals surface area contributed by atoms with E-state index in [9.17, 15) is 4.39 Å². The van der Waals surface area contributed by atoms with Gasteiger partial charge in [0.15, 0.2) is 11.6 Å². The number of para-hydroxylation sites is 1. The molecule has 0 amide bonds. The van der Waals surface area contributed by atoms with Crippen LogP contribution in [0.4, 0.5) is 4.39 Å². The third kappa shape index (κ3) is 2.95. The fourth-order valence-electron chi connectivity index (χ4n) is 1.87. The van der Waals surface area contributed by atoms with Crippen molar-refractivity contribution in [2.75, 3.05) is 0 Å². The molecule has 0 aliphatic heterocycles. The van der Waals surface area contributed by atoms with E-state index in [2.05, 4.69) is 0 Å². The lowest BCUT2D eigenvalue weighted by Gasteiger charge is -2.15. The standard InChI is InChI=1S/C16H15FN2O/c1-2-14(19)12-5-3-4-6-15(12)20-16-8-7-11(10-18)9-13(16)17/h3-9,14H,2,19H2,1H3. The first kappa shape index (κ1) is 14.0. The Morgan fingerprint density at radius 3 is 2.65 bits per heavy atom. The van der Waals surface area contributed by atoms with Crippen LogP contribution in [0.15, 0.2) is 42.5 Å². The molecule has 0 heterocycles. The van der Waals surface area contributed by atoms with Crippen molar-refractivity contribution in [1.82, 2.24) is 0 Å². The highest BCUT2D eigenvalue weighted by Crippen LogP contribution is 2.31. The average molecular weight is 270 g/mol. The normalized spacial score (nSPS) is 11.7. The Kier molecular flexibility index (Phi) is 4.34. The molecule has 0 saturated heterocycles. The summed E-state index contributed by atoms with van der Waals surface area (Å²) in [6.07, 6.45) is 0.760. The number of rotatable bonds is 4. The minimum Gasteiger partial charge on any atom is -0.454 e. The monoisotopic (exact) mass is 270 g/mol. The average Bonchev–Trinajstić information content (AvgIpc) is 2.49. The van der Waals surface area contributed by atoms with E-state index in [1.165, 1.54) is 12.1 Å². The Bertz CT molecular complexity index is 649. The van der Waals surface area contributed by atoms with E-state index in [4.69, 9.17) is 15.7 Å². The van der Waals surface area contributed by atoms with E-state index in [0.717, 1.165) is 18.1 Å². The van der Waals surface area contributed by atoms with Gasteiger partial charge < -0.3 is 10.5 Å². The maximum absolute atomic E-state index is 13.8. The van der Waals surface area contributed by atoms with E-state index in [-0.39, 0.29) is 17.4 Å². The van der Waals surface area contributed by atoms with E-state index in [1.54, 1.807) is 6.07 Å². The van der Waals surface area contributed by atoms with Gasteiger partial charge >= 0.3 is 0 Å². The molecule has 2 aromatic carbocycles. The van der Waals surface area contributed by atoms with Gasteiger partial charge in [0.1, 0.15) is 5.75 Å². The van der Waals surface area contributed by atoms with Crippen molar-refractivity contribution in [3.63, 3.8) is 0 Å². The van der Waals surface area contributed by atoms with Gasteiger partial charge in [-0.05, 0) is 30.7 Å². The van der Waals surface area contributed by atoms with Gasteiger partial charge in [-0.1, -0.05) is 25.1 Å². The van der Waals surface area contributed by atoms with Crippen LogP contribution in [0.1, 0.15) is 30.5 Å². The van der Waals surface area contributed by atoms with E-state index >= 15 is 0 Å². The first-order valence-electron chi connectivity index (χ1n) is 6.37. The van der Waals surface area contributed by atoms with Crippen LogP contribution >= 0.6 is 0 Å². The summed E-state index contributed by atoms with van der Waals surface area (Å²) in [6, 6.07) is 13.1. The summed E-state index contributed by atoms with van der Waals surface area (Å²) in [5.41, 5.74) is 7.11. The lowest BCUT2D eigenvalue weighted by molar-refractivity contribution is 0.433. The molecule has 3 nitrogen and oxygen atoms in total. The molecule has 1 unspecified atom stereocenters. The van der Waals surface area contributed by atoms with Gasteiger partial charge in [0, 0.05) is 11.6 Å². The maximum atomic E-state index is 13.8. The van der Waals surface area contributed by atoms with E-state index in [0.29, 0.717) is 5.75 Å². The minimum absolute atomic E-state index is 0.0831. The smallest absolute Gasteiger partial charge is 0.167 e. The molecule has 0 bridgehead atoms. The van der Waals surface area contributed by atoms with Gasteiger partial charge in [-0.3, -0.25) is 0 Å². The number of hydrogen-bond acceptors (Lipinski definition) is 3. The van der Waals surface area contributed by atoms with Gasteiger partial charge in [0.25, 0.3) is 0 Å². The third-order valence-electron chi connectivity index (χ3n) is 3.04. The van der Waals surface area contributed by atoms with Crippen molar-refractivity contribution < 1.29 is 9.13 Å². The molecule has 0 fully saturated rings. The fourth-order valence-corrected chi connectivity index (χ4v) is 1.87. The number of benzene rings is 2. The summed E-state index contributed by atoms with van der Waals surface area (Å²) in [4.78, 5) is 0. The molecule has 102 valence electrons. The number of nitrogens with two attached hydrogens (primary N) is 1. The quantitative estimate of drug-likeness (QED) is 0.916. The third-order valence-corrected chi connectivity index (χ3v) is 3.04. The Morgan fingerprint density at radius 2 is 2.00 bits per heavy atom. The van der Waals surface area contributed by atoms with Crippen molar-refractivity contribution >= 4 is 0 Å². The Hall–Kier alpha value is -2.38. The molecule has 0 aromatic heterocycles. The van der Waals surface area contributed by atoms with Crippen LogP contribution in [0.3, 0.4) is 0 Å². The first-order valence-corrected chi connectivity index (χ1v) is 6.37. The highest BCUT2D eigenvalue weighted by atomic mass is 19.1. The summed E-state index contributed by atoms with van der Waals surface area (Å²) in [5.74, 6) is 0.0501. The van der Waals surface area contributed by atoms with E-state index < -0.39 is 5.82 Å². The molecule has 2 rings (SSSR count). The molecule has 2 aromatic rings. The molecular formula is C16H15FN2O. The van der Waals surface area contributed by atoms with Crippen LogP contribution in [0, 0.1) is 17.1 Å². The van der Waals surface area contributed by atoms with Crippen molar-refractivity contribution in [3.05, 3.63) is 59.4 Å². The van der Waals surface area contributed by atoms with Gasteiger partial charge in [0.05, 0.1) is 11.6 Å². The Morgan fingerprint density at radius 1 is 1.25 bits per heavy atom. The zero-order valence-electron chi connectivity index (χ0n) is 11.1. The lowest BCUT2D eigenvalue weighted by atomic mass is 10.0. The minimum atomic E-state index is -0.566. The Labute approximate surface area is 117 Å². The summed E-state index contributed by atoms with van der Waals surface area (Å²) in [5, 5.41) is 8.72.